The number of aliphatic hydroxyl groups excluding tert-OH is 1. The number of carbonyl (C=O) groups is 3. The molecule has 0 spiro atoms. The van der Waals surface area contributed by atoms with Crippen LogP contribution in [0.2, 0.25) is 0 Å². The first-order chi connectivity index (χ1) is 19.8. The van der Waals surface area contributed by atoms with Crippen molar-refractivity contribution in [2.24, 2.45) is 0 Å². The normalized spacial score (nSPS) is 17.3. The molecule has 1 N–H and O–H groups in total. The second kappa shape index (κ2) is 11.7. The summed E-state index contributed by atoms with van der Waals surface area (Å²) in [6, 6.07) is 10.5. The Morgan fingerprint density at radius 3 is 2.63 bits per heavy atom. The smallest absolute Gasteiger partial charge is 0.350 e. The maximum absolute atomic E-state index is 13.6. The minimum absolute atomic E-state index is 0.00303. The summed E-state index contributed by atoms with van der Waals surface area (Å²) in [6.45, 7) is 9.77. The molecule has 0 radical (unpaired) electrons. The number of hydrogen-bond donors (Lipinski definition) is 1. The first kappa shape index (κ1) is 27.7. The molecular formula is C30H26N2O8S. The lowest BCUT2D eigenvalue weighted by Crippen LogP contribution is -2.29. The molecule has 1 aromatic heterocycles. The molecule has 3 heterocycles. The molecule has 1 unspecified atom stereocenters. The van der Waals surface area contributed by atoms with Crippen molar-refractivity contribution in [1.82, 2.24) is 4.98 Å². The number of esters is 1. The van der Waals surface area contributed by atoms with Gasteiger partial charge in [0.05, 0.1) is 17.3 Å². The van der Waals surface area contributed by atoms with E-state index in [4.69, 9.17) is 18.9 Å². The molecule has 2 aliphatic heterocycles. The number of Topliss-reactive ketones (excluding diaryl/α,β-unsaturated/α-hetero) is 1. The fourth-order valence-electron chi connectivity index (χ4n) is 4.50. The highest BCUT2D eigenvalue weighted by Gasteiger charge is 2.48. The van der Waals surface area contributed by atoms with Crippen molar-refractivity contribution in [3.8, 4) is 17.2 Å². The highest BCUT2D eigenvalue weighted by Crippen LogP contribution is 2.45. The first-order valence-electron chi connectivity index (χ1n) is 12.6. The van der Waals surface area contributed by atoms with E-state index in [1.807, 2.05) is 0 Å². The molecule has 0 bridgehead atoms. The lowest BCUT2D eigenvalue weighted by Gasteiger charge is -2.23. The molecule has 2 aromatic carbocycles. The number of carbonyl (C=O) groups excluding carboxylic acids is 3. The number of rotatable bonds is 9. The Bertz CT molecular complexity index is 1590. The lowest BCUT2D eigenvalue weighted by atomic mass is 9.95. The summed E-state index contributed by atoms with van der Waals surface area (Å²) in [5.74, 6) is -1.47. The zero-order valence-corrected chi connectivity index (χ0v) is 22.9. The number of aromatic nitrogens is 1. The van der Waals surface area contributed by atoms with Gasteiger partial charge in [-0.2, -0.15) is 0 Å². The van der Waals surface area contributed by atoms with Crippen molar-refractivity contribution in [2.75, 3.05) is 31.3 Å². The van der Waals surface area contributed by atoms with E-state index in [0.717, 1.165) is 11.3 Å². The number of ether oxygens (including phenoxy) is 4. The highest BCUT2D eigenvalue weighted by atomic mass is 32.1. The molecule has 1 fully saturated rings. The third kappa shape index (κ3) is 5.31. The summed E-state index contributed by atoms with van der Waals surface area (Å²) in [5.41, 5.74) is 0.916. The van der Waals surface area contributed by atoms with Gasteiger partial charge >= 0.3 is 11.9 Å². The van der Waals surface area contributed by atoms with E-state index in [9.17, 15) is 19.5 Å². The number of anilines is 1. The number of thiazole rings is 1. The van der Waals surface area contributed by atoms with Crippen LogP contribution in [0.4, 0.5) is 5.13 Å². The third-order valence-corrected chi connectivity index (χ3v) is 7.45. The van der Waals surface area contributed by atoms with Crippen LogP contribution >= 0.6 is 11.3 Å². The lowest BCUT2D eigenvalue weighted by molar-refractivity contribution is -0.132. The fourth-order valence-corrected chi connectivity index (χ4v) is 5.48. The number of amides is 1. The van der Waals surface area contributed by atoms with Crippen LogP contribution in [0, 0.1) is 6.92 Å². The number of benzene rings is 2. The fraction of sp³-hybridized carbons (Fsp3) is 0.200. The van der Waals surface area contributed by atoms with Crippen LogP contribution in [-0.2, 0) is 14.3 Å². The van der Waals surface area contributed by atoms with Crippen LogP contribution in [0.25, 0.3) is 5.76 Å². The summed E-state index contributed by atoms with van der Waals surface area (Å²) in [5, 5.41) is 11.6. The molecule has 1 saturated heterocycles. The van der Waals surface area contributed by atoms with Crippen molar-refractivity contribution in [3.63, 3.8) is 0 Å². The van der Waals surface area contributed by atoms with Crippen molar-refractivity contribution in [1.29, 1.82) is 0 Å². The van der Waals surface area contributed by atoms with Gasteiger partial charge in [0.25, 0.3) is 5.78 Å². The van der Waals surface area contributed by atoms with Crippen LogP contribution in [0.5, 0.6) is 17.2 Å². The SMILES string of the molecule is C=CCOC(=O)c1sc(N2C(=O)C(=O)/C(=C(/O)c3ccc4c(c3)OCCO4)C2c2cccc(OCC=C)c2)nc1C. The molecule has 5 rings (SSSR count). The summed E-state index contributed by atoms with van der Waals surface area (Å²) in [6.07, 6.45) is 3.03. The quantitative estimate of drug-likeness (QED) is 0.127. The van der Waals surface area contributed by atoms with Crippen molar-refractivity contribution in [3.05, 3.63) is 95.0 Å². The molecule has 210 valence electrons. The number of fused-ring (bicyclic) bond motifs is 1. The van der Waals surface area contributed by atoms with E-state index in [2.05, 4.69) is 18.1 Å². The predicted octanol–water partition coefficient (Wildman–Crippen LogP) is 4.76. The molecule has 0 saturated carbocycles. The van der Waals surface area contributed by atoms with Gasteiger partial charge in [-0.15, -0.1) is 0 Å². The second-order valence-corrected chi connectivity index (χ2v) is 9.98. The van der Waals surface area contributed by atoms with E-state index in [1.54, 1.807) is 55.5 Å². The second-order valence-electron chi connectivity index (χ2n) is 9.00. The van der Waals surface area contributed by atoms with Gasteiger partial charge in [0.2, 0.25) is 0 Å². The van der Waals surface area contributed by atoms with E-state index >= 15 is 0 Å². The van der Waals surface area contributed by atoms with Gasteiger partial charge < -0.3 is 24.1 Å². The largest absolute Gasteiger partial charge is 0.507 e. The minimum Gasteiger partial charge on any atom is -0.507 e. The topological polar surface area (TPSA) is 124 Å². The van der Waals surface area contributed by atoms with Gasteiger partial charge in [0, 0.05) is 5.56 Å². The van der Waals surface area contributed by atoms with Gasteiger partial charge in [-0.25, -0.2) is 9.78 Å². The molecule has 41 heavy (non-hydrogen) atoms. The zero-order valence-electron chi connectivity index (χ0n) is 22.1. The molecule has 11 heteroatoms. The van der Waals surface area contributed by atoms with Gasteiger partial charge in [-0.1, -0.05) is 48.8 Å². The Balaban J connectivity index is 1.65. The van der Waals surface area contributed by atoms with Gasteiger partial charge in [0.15, 0.2) is 16.6 Å². The monoisotopic (exact) mass is 574 g/mol. The number of nitrogens with zero attached hydrogens (tertiary/aromatic N) is 2. The molecule has 0 aliphatic carbocycles. The van der Waals surface area contributed by atoms with Crippen LogP contribution < -0.4 is 19.1 Å². The van der Waals surface area contributed by atoms with Crippen molar-refractivity contribution >= 4 is 39.9 Å². The maximum atomic E-state index is 13.6. The number of aliphatic hydroxyl groups is 1. The Labute approximate surface area is 239 Å². The summed E-state index contributed by atoms with van der Waals surface area (Å²) in [7, 11) is 0. The van der Waals surface area contributed by atoms with Gasteiger partial charge in [-0.3, -0.25) is 14.5 Å². The number of hydrogen-bond acceptors (Lipinski definition) is 10. The Hall–Kier alpha value is -4.90. The van der Waals surface area contributed by atoms with Crippen molar-refractivity contribution in [2.45, 2.75) is 13.0 Å². The van der Waals surface area contributed by atoms with E-state index in [0.29, 0.717) is 41.7 Å². The number of ketones is 1. The van der Waals surface area contributed by atoms with Gasteiger partial charge in [0.1, 0.15) is 42.8 Å². The van der Waals surface area contributed by atoms with Gasteiger partial charge in [-0.05, 0) is 42.8 Å². The summed E-state index contributed by atoms with van der Waals surface area (Å²) < 4.78 is 22.1. The maximum Gasteiger partial charge on any atom is 0.350 e. The predicted molar refractivity (Wildman–Crippen MR) is 152 cm³/mol. The van der Waals surface area contributed by atoms with E-state index in [-0.39, 0.29) is 34.4 Å². The Morgan fingerprint density at radius 2 is 1.88 bits per heavy atom. The molecule has 10 nitrogen and oxygen atoms in total. The van der Waals surface area contributed by atoms with E-state index in [1.165, 1.54) is 11.0 Å². The summed E-state index contributed by atoms with van der Waals surface area (Å²) in [4.78, 5) is 45.5. The average Bonchev–Trinajstić information content (AvgIpc) is 3.50. The number of aryl methyl sites for hydroxylation is 1. The van der Waals surface area contributed by atoms with Crippen molar-refractivity contribution < 1.29 is 38.4 Å². The van der Waals surface area contributed by atoms with Crippen LogP contribution in [0.1, 0.15) is 32.5 Å². The molecule has 1 amide bonds. The minimum atomic E-state index is -1.09. The molecule has 1 atom stereocenters. The molecule has 2 aliphatic rings. The van der Waals surface area contributed by atoms with E-state index < -0.39 is 29.5 Å². The molecule has 3 aromatic rings. The molecular weight excluding hydrogens is 548 g/mol. The Kier molecular flexibility index (Phi) is 7.88. The average molecular weight is 575 g/mol. The highest BCUT2D eigenvalue weighted by molar-refractivity contribution is 7.17. The zero-order chi connectivity index (χ0) is 29.1. The summed E-state index contributed by atoms with van der Waals surface area (Å²) >= 11 is 0.913. The Morgan fingerprint density at radius 1 is 1.12 bits per heavy atom. The first-order valence-corrected chi connectivity index (χ1v) is 13.5. The standard InChI is InChI=1S/C30H26N2O8S/c1-4-11-37-20-8-6-7-18(15-20)24-23(25(33)19-9-10-21-22(16-19)39-14-13-38-21)26(34)28(35)32(24)30-31-17(3)27(41-30)29(36)40-12-5-2/h4-10,15-16,24,33H,1-2,11-14H2,3H3/b25-23+. The van der Waals surface area contributed by atoms with Crippen LogP contribution in [-0.4, -0.2) is 54.2 Å². The third-order valence-electron chi connectivity index (χ3n) is 6.31. The van der Waals surface area contributed by atoms with Crippen LogP contribution in [0.3, 0.4) is 0 Å². The van der Waals surface area contributed by atoms with Crippen LogP contribution in [0.15, 0.2) is 73.3 Å².